The van der Waals surface area contributed by atoms with Crippen LogP contribution in [0, 0.1) is 6.92 Å². The second-order valence-electron chi connectivity index (χ2n) is 5.93. The van der Waals surface area contributed by atoms with E-state index in [4.69, 9.17) is 21.1 Å². The van der Waals surface area contributed by atoms with Crippen molar-refractivity contribution in [3.05, 3.63) is 64.8 Å². The lowest BCUT2D eigenvalue weighted by molar-refractivity contribution is -0.115. The van der Waals surface area contributed by atoms with Crippen molar-refractivity contribution in [2.75, 3.05) is 19.5 Å². The zero-order valence-corrected chi connectivity index (χ0v) is 16.6. The summed E-state index contributed by atoms with van der Waals surface area (Å²) in [5.74, 6) is 0.217. The number of carbonyl (C=O) groups is 2. The highest BCUT2D eigenvalue weighted by Crippen LogP contribution is 2.24. The van der Waals surface area contributed by atoms with Crippen molar-refractivity contribution in [1.29, 1.82) is 0 Å². The van der Waals surface area contributed by atoms with Gasteiger partial charge in [0.1, 0.15) is 11.5 Å². The predicted octanol–water partition coefficient (Wildman–Crippen LogP) is 3.44. The maximum atomic E-state index is 12.3. The van der Waals surface area contributed by atoms with Gasteiger partial charge in [-0.05, 0) is 42.8 Å². The lowest BCUT2D eigenvalue weighted by Crippen LogP contribution is -2.37. The summed E-state index contributed by atoms with van der Waals surface area (Å²) in [6, 6.07) is 10.0. The summed E-state index contributed by atoms with van der Waals surface area (Å²) in [5.41, 5.74) is 7.27. The standard InChI is InChI=1S/C20H22ClN3O4/c1-12-9-14(21)5-8-17(12)22-19(25)10-13(2)23-24-20(26)16-7-6-15(27-3)11-18(16)28-4/h5-9,11,23H,2,10H2,1,3-4H3,(H,22,25)(H,24,26). The molecule has 0 aliphatic heterocycles. The van der Waals surface area contributed by atoms with Crippen LogP contribution in [-0.4, -0.2) is 26.0 Å². The van der Waals surface area contributed by atoms with E-state index in [-0.39, 0.29) is 12.3 Å². The summed E-state index contributed by atoms with van der Waals surface area (Å²) in [4.78, 5) is 24.5. The number of methoxy groups -OCH3 is 2. The number of rotatable bonds is 8. The number of anilines is 1. The Morgan fingerprint density at radius 2 is 1.82 bits per heavy atom. The van der Waals surface area contributed by atoms with Crippen LogP contribution in [-0.2, 0) is 4.79 Å². The van der Waals surface area contributed by atoms with Gasteiger partial charge in [0.15, 0.2) is 0 Å². The molecule has 0 bridgehead atoms. The fraction of sp³-hybridized carbons (Fsp3) is 0.200. The zero-order chi connectivity index (χ0) is 20.7. The quantitative estimate of drug-likeness (QED) is 0.587. The summed E-state index contributed by atoms with van der Waals surface area (Å²) in [5, 5.41) is 3.37. The predicted molar refractivity (Wildman–Crippen MR) is 109 cm³/mol. The minimum absolute atomic E-state index is 0.0257. The van der Waals surface area contributed by atoms with Gasteiger partial charge in [0.2, 0.25) is 5.91 Å². The minimum Gasteiger partial charge on any atom is -0.497 e. The molecule has 2 rings (SSSR count). The Bertz CT molecular complexity index is 899. The Morgan fingerprint density at radius 3 is 2.46 bits per heavy atom. The van der Waals surface area contributed by atoms with Crippen LogP contribution in [0.4, 0.5) is 5.69 Å². The van der Waals surface area contributed by atoms with Crippen LogP contribution in [0.3, 0.4) is 0 Å². The van der Waals surface area contributed by atoms with Crippen molar-refractivity contribution in [3.8, 4) is 11.5 Å². The Hall–Kier alpha value is -3.19. The Labute approximate surface area is 168 Å². The van der Waals surface area contributed by atoms with Crippen molar-refractivity contribution in [1.82, 2.24) is 10.9 Å². The molecule has 0 aromatic heterocycles. The van der Waals surface area contributed by atoms with E-state index >= 15 is 0 Å². The normalized spacial score (nSPS) is 10.0. The summed E-state index contributed by atoms with van der Waals surface area (Å²) in [6.07, 6.45) is -0.0257. The van der Waals surface area contributed by atoms with Crippen molar-refractivity contribution in [3.63, 3.8) is 0 Å². The molecule has 0 saturated heterocycles. The number of halogens is 1. The summed E-state index contributed by atoms with van der Waals surface area (Å²) in [6.45, 7) is 5.59. The lowest BCUT2D eigenvalue weighted by Gasteiger charge is -2.14. The smallest absolute Gasteiger partial charge is 0.273 e. The highest BCUT2D eigenvalue weighted by atomic mass is 35.5. The van der Waals surface area contributed by atoms with Crippen molar-refractivity contribution < 1.29 is 19.1 Å². The molecule has 148 valence electrons. The molecule has 28 heavy (non-hydrogen) atoms. The number of hydrogen-bond acceptors (Lipinski definition) is 5. The van der Waals surface area contributed by atoms with Crippen LogP contribution in [0.5, 0.6) is 11.5 Å². The average molecular weight is 404 g/mol. The summed E-state index contributed by atoms with van der Waals surface area (Å²) >= 11 is 5.90. The maximum absolute atomic E-state index is 12.3. The maximum Gasteiger partial charge on any atom is 0.273 e. The first-order chi connectivity index (χ1) is 13.3. The Morgan fingerprint density at radius 1 is 1.07 bits per heavy atom. The third-order valence-corrected chi connectivity index (χ3v) is 4.08. The molecule has 0 unspecified atom stereocenters. The van der Waals surface area contributed by atoms with Gasteiger partial charge in [-0.2, -0.15) is 0 Å². The molecule has 0 radical (unpaired) electrons. The number of carbonyl (C=O) groups excluding carboxylic acids is 2. The van der Waals surface area contributed by atoms with Gasteiger partial charge >= 0.3 is 0 Å². The highest BCUT2D eigenvalue weighted by molar-refractivity contribution is 6.30. The van der Waals surface area contributed by atoms with Gasteiger partial charge in [0.05, 0.1) is 26.2 Å². The minimum atomic E-state index is -0.436. The van der Waals surface area contributed by atoms with Gasteiger partial charge in [-0.25, -0.2) is 0 Å². The zero-order valence-electron chi connectivity index (χ0n) is 15.9. The molecule has 0 spiro atoms. The van der Waals surface area contributed by atoms with E-state index in [1.165, 1.54) is 14.2 Å². The van der Waals surface area contributed by atoms with Crippen molar-refractivity contribution in [2.24, 2.45) is 0 Å². The fourth-order valence-corrected chi connectivity index (χ4v) is 2.62. The van der Waals surface area contributed by atoms with E-state index in [1.807, 2.05) is 6.92 Å². The first-order valence-corrected chi connectivity index (χ1v) is 8.74. The molecular weight excluding hydrogens is 382 g/mol. The van der Waals surface area contributed by atoms with Gasteiger partial charge in [0, 0.05) is 22.5 Å². The molecule has 0 fully saturated rings. The molecule has 3 N–H and O–H groups in total. The molecule has 0 atom stereocenters. The van der Waals surface area contributed by atoms with Crippen LogP contribution >= 0.6 is 11.6 Å². The monoisotopic (exact) mass is 403 g/mol. The van der Waals surface area contributed by atoms with Crippen LogP contribution < -0.4 is 25.6 Å². The van der Waals surface area contributed by atoms with Gasteiger partial charge in [-0.3, -0.25) is 15.0 Å². The molecule has 2 aromatic rings. The Balaban J connectivity index is 1.89. The molecule has 0 aliphatic carbocycles. The third kappa shape index (κ3) is 5.65. The van der Waals surface area contributed by atoms with Crippen LogP contribution in [0.15, 0.2) is 48.7 Å². The number of hydrazine groups is 1. The van der Waals surface area contributed by atoms with Gasteiger partial charge < -0.3 is 20.2 Å². The van der Waals surface area contributed by atoms with E-state index in [1.54, 1.807) is 36.4 Å². The van der Waals surface area contributed by atoms with Crippen LogP contribution in [0.2, 0.25) is 5.02 Å². The number of amides is 2. The number of nitrogens with one attached hydrogen (secondary N) is 3. The van der Waals surface area contributed by atoms with Crippen molar-refractivity contribution >= 4 is 29.1 Å². The van der Waals surface area contributed by atoms with E-state index in [2.05, 4.69) is 22.7 Å². The van der Waals surface area contributed by atoms with Crippen molar-refractivity contribution in [2.45, 2.75) is 13.3 Å². The molecule has 2 amide bonds. The molecule has 0 heterocycles. The first-order valence-electron chi connectivity index (χ1n) is 8.36. The molecule has 0 aliphatic rings. The number of hydrogen-bond donors (Lipinski definition) is 3. The second kappa shape index (κ2) is 9.66. The SMILES string of the molecule is C=C(CC(=O)Nc1ccc(Cl)cc1C)NNC(=O)c1ccc(OC)cc1OC. The molecular formula is C20H22ClN3O4. The van der Waals surface area contributed by atoms with E-state index in [0.29, 0.717) is 33.5 Å². The second-order valence-corrected chi connectivity index (χ2v) is 6.37. The van der Waals surface area contributed by atoms with Crippen LogP contribution in [0.25, 0.3) is 0 Å². The summed E-state index contributed by atoms with van der Waals surface area (Å²) in [7, 11) is 2.98. The van der Waals surface area contributed by atoms with Crippen LogP contribution in [0.1, 0.15) is 22.3 Å². The lowest BCUT2D eigenvalue weighted by atomic mass is 10.2. The molecule has 0 saturated carbocycles. The largest absolute Gasteiger partial charge is 0.497 e. The molecule has 2 aromatic carbocycles. The van der Waals surface area contributed by atoms with Gasteiger partial charge in [-0.15, -0.1) is 0 Å². The average Bonchev–Trinajstić information content (AvgIpc) is 2.67. The first kappa shape index (κ1) is 21.1. The highest BCUT2D eigenvalue weighted by Gasteiger charge is 2.14. The summed E-state index contributed by atoms with van der Waals surface area (Å²) < 4.78 is 10.3. The fourth-order valence-electron chi connectivity index (χ4n) is 2.40. The molecule has 8 heteroatoms. The third-order valence-electron chi connectivity index (χ3n) is 3.84. The van der Waals surface area contributed by atoms with E-state index in [9.17, 15) is 9.59 Å². The van der Waals surface area contributed by atoms with Gasteiger partial charge in [-0.1, -0.05) is 18.2 Å². The number of ether oxygens (including phenoxy) is 2. The topological polar surface area (TPSA) is 88.7 Å². The number of benzene rings is 2. The van der Waals surface area contributed by atoms with Gasteiger partial charge in [0.25, 0.3) is 5.91 Å². The number of aryl methyl sites for hydroxylation is 1. The Kier molecular flexibility index (Phi) is 7.28. The van der Waals surface area contributed by atoms with E-state index in [0.717, 1.165) is 5.56 Å². The van der Waals surface area contributed by atoms with E-state index < -0.39 is 5.91 Å². The molecule has 7 nitrogen and oxygen atoms in total.